The molecule has 0 aliphatic heterocycles. The number of carbonyl (C=O) groups excluding carboxylic acids is 2. The highest BCUT2D eigenvalue weighted by Gasteiger charge is 2.08. The molecule has 2 amide bonds. The van der Waals surface area contributed by atoms with Gasteiger partial charge in [-0.3, -0.25) is 9.59 Å². The van der Waals surface area contributed by atoms with Crippen LogP contribution in [0.4, 0.5) is 5.69 Å². The number of methoxy groups -OCH3 is 1. The number of ether oxygens (including phenoxy) is 1. The van der Waals surface area contributed by atoms with Crippen molar-refractivity contribution in [2.24, 2.45) is 0 Å². The highest BCUT2D eigenvalue weighted by molar-refractivity contribution is 6.04. The van der Waals surface area contributed by atoms with Crippen LogP contribution in [0.25, 0.3) is 0 Å². The molecule has 0 fully saturated rings. The zero-order chi connectivity index (χ0) is 18.2. The molecule has 0 saturated carbocycles. The number of nitrogens with one attached hydrogen (secondary N) is 2. The van der Waals surface area contributed by atoms with Crippen molar-refractivity contribution in [2.75, 3.05) is 25.6 Å². The van der Waals surface area contributed by atoms with E-state index < -0.39 is 0 Å². The minimum Gasteiger partial charge on any atom is -0.383 e. The first-order chi connectivity index (χ1) is 12.0. The van der Waals surface area contributed by atoms with Crippen LogP contribution >= 0.6 is 0 Å². The lowest BCUT2D eigenvalue weighted by atomic mass is 10.1. The van der Waals surface area contributed by atoms with Gasteiger partial charge >= 0.3 is 0 Å². The fourth-order valence-electron chi connectivity index (χ4n) is 2.33. The number of benzene rings is 2. The maximum atomic E-state index is 12.3. The Labute approximate surface area is 148 Å². The van der Waals surface area contributed by atoms with Crippen LogP contribution in [0.2, 0.25) is 0 Å². The van der Waals surface area contributed by atoms with Crippen LogP contribution in [-0.2, 0) is 16.0 Å². The molecular weight excluding hydrogens is 316 g/mol. The maximum Gasteiger partial charge on any atom is 0.255 e. The molecule has 0 bridgehead atoms. The molecular formula is C20H24N2O3. The Bertz CT molecular complexity index is 739. The smallest absolute Gasteiger partial charge is 0.255 e. The Balaban J connectivity index is 1.92. The summed E-state index contributed by atoms with van der Waals surface area (Å²) in [6.07, 6.45) is 0.301. The Hall–Kier alpha value is -2.66. The molecule has 0 aliphatic rings. The lowest BCUT2D eigenvalue weighted by Gasteiger charge is -2.08. The van der Waals surface area contributed by atoms with Gasteiger partial charge in [-0.05, 0) is 54.8 Å². The monoisotopic (exact) mass is 340 g/mol. The largest absolute Gasteiger partial charge is 0.383 e. The minimum atomic E-state index is -0.145. The van der Waals surface area contributed by atoms with E-state index in [1.54, 1.807) is 19.2 Å². The molecule has 0 heterocycles. The quantitative estimate of drug-likeness (QED) is 0.762. The summed E-state index contributed by atoms with van der Waals surface area (Å²) in [6, 6.07) is 12.9. The third-order valence-electron chi connectivity index (χ3n) is 3.97. The summed E-state index contributed by atoms with van der Waals surface area (Å²) in [4.78, 5) is 24.1. The molecule has 0 spiro atoms. The third-order valence-corrected chi connectivity index (χ3v) is 3.97. The molecule has 2 aromatic carbocycles. The van der Waals surface area contributed by atoms with E-state index in [-0.39, 0.29) is 11.8 Å². The lowest BCUT2D eigenvalue weighted by molar-refractivity contribution is -0.120. The van der Waals surface area contributed by atoms with E-state index in [1.165, 1.54) is 0 Å². The average Bonchev–Trinajstić information content (AvgIpc) is 2.59. The highest BCUT2D eigenvalue weighted by atomic mass is 16.5. The molecule has 132 valence electrons. The van der Waals surface area contributed by atoms with Crippen LogP contribution in [0.3, 0.4) is 0 Å². The van der Waals surface area contributed by atoms with Crippen LogP contribution in [0.1, 0.15) is 27.0 Å². The van der Waals surface area contributed by atoms with Crippen molar-refractivity contribution < 1.29 is 14.3 Å². The molecule has 0 aromatic heterocycles. The Morgan fingerprint density at radius 1 is 1.00 bits per heavy atom. The number of anilines is 1. The fraction of sp³-hybridized carbons (Fsp3) is 0.300. The van der Waals surface area contributed by atoms with Gasteiger partial charge in [0.1, 0.15) is 0 Å². The Morgan fingerprint density at radius 3 is 2.36 bits per heavy atom. The van der Waals surface area contributed by atoms with Gasteiger partial charge in [-0.1, -0.05) is 18.2 Å². The van der Waals surface area contributed by atoms with E-state index in [9.17, 15) is 9.59 Å². The van der Waals surface area contributed by atoms with Gasteiger partial charge in [-0.2, -0.15) is 0 Å². The standard InChI is InChI=1S/C20H24N2O3/c1-14-4-7-17(12-15(14)2)20(24)22-18-8-5-16(6-9-18)13-19(23)21-10-11-25-3/h4-9,12H,10-11,13H2,1-3H3,(H,21,23)(H,22,24). The Morgan fingerprint density at radius 2 is 1.72 bits per heavy atom. The SMILES string of the molecule is COCCNC(=O)Cc1ccc(NC(=O)c2ccc(C)c(C)c2)cc1. The van der Waals surface area contributed by atoms with E-state index in [0.29, 0.717) is 30.8 Å². The van der Waals surface area contributed by atoms with Crippen molar-refractivity contribution in [3.8, 4) is 0 Å². The summed E-state index contributed by atoms with van der Waals surface area (Å²) >= 11 is 0. The van der Waals surface area contributed by atoms with Crippen LogP contribution < -0.4 is 10.6 Å². The van der Waals surface area contributed by atoms with Gasteiger partial charge in [0.2, 0.25) is 5.91 Å². The highest BCUT2D eigenvalue weighted by Crippen LogP contribution is 2.14. The molecule has 2 aromatic rings. The molecule has 0 atom stereocenters. The third kappa shape index (κ3) is 5.72. The van der Waals surface area contributed by atoms with Crippen molar-refractivity contribution in [1.29, 1.82) is 0 Å². The van der Waals surface area contributed by atoms with Crippen LogP contribution in [0.5, 0.6) is 0 Å². The van der Waals surface area contributed by atoms with Crippen LogP contribution in [0.15, 0.2) is 42.5 Å². The topological polar surface area (TPSA) is 67.4 Å². The average molecular weight is 340 g/mol. The van der Waals surface area contributed by atoms with E-state index >= 15 is 0 Å². The normalized spacial score (nSPS) is 10.4. The summed E-state index contributed by atoms with van der Waals surface area (Å²) in [5, 5.41) is 5.65. The van der Waals surface area contributed by atoms with Gasteiger partial charge in [0.15, 0.2) is 0 Å². The summed E-state index contributed by atoms with van der Waals surface area (Å²) in [5.74, 6) is -0.197. The van der Waals surface area contributed by atoms with Gasteiger partial charge < -0.3 is 15.4 Å². The molecule has 2 N–H and O–H groups in total. The van der Waals surface area contributed by atoms with Gasteiger partial charge in [-0.15, -0.1) is 0 Å². The van der Waals surface area contributed by atoms with Gasteiger partial charge in [0.05, 0.1) is 13.0 Å². The van der Waals surface area contributed by atoms with E-state index in [0.717, 1.165) is 16.7 Å². The van der Waals surface area contributed by atoms with Gasteiger partial charge in [0.25, 0.3) is 5.91 Å². The number of amides is 2. The molecule has 5 heteroatoms. The van der Waals surface area contributed by atoms with Crippen molar-refractivity contribution in [3.63, 3.8) is 0 Å². The van der Waals surface area contributed by atoms with Gasteiger partial charge in [0, 0.05) is 24.9 Å². The Kier molecular flexibility index (Phi) is 6.71. The molecule has 0 radical (unpaired) electrons. The van der Waals surface area contributed by atoms with Crippen LogP contribution in [0, 0.1) is 13.8 Å². The van der Waals surface area contributed by atoms with E-state index in [1.807, 2.05) is 44.2 Å². The summed E-state index contributed by atoms with van der Waals surface area (Å²) < 4.78 is 4.89. The number of rotatable bonds is 7. The van der Waals surface area contributed by atoms with Crippen LogP contribution in [-0.4, -0.2) is 32.1 Å². The first-order valence-corrected chi connectivity index (χ1v) is 8.23. The second kappa shape index (κ2) is 8.99. The number of aryl methyl sites for hydroxylation is 2. The number of hydrogen-bond acceptors (Lipinski definition) is 3. The minimum absolute atomic E-state index is 0.0519. The molecule has 0 aliphatic carbocycles. The van der Waals surface area contributed by atoms with Crippen molar-refractivity contribution in [1.82, 2.24) is 5.32 Å². The lowest BCUT2D eigenvalue weighted by Crippen LogP contribution is -2.28. The first kappa shape index (κ1) is 18.7. The predicted octanol–water partition coefficient (Wildman–Crippen LogP) is 2.86. The molecule has 2 rings (SSSR count). The molecule has 0 saturated heterocycles. The second-order valence-corrected chi connectivity index (χ2v) is 5.97. The first-order valence-electron chi connectivity index (χ1n) is 8.23. The summed E-state index contributed by atoms with van der Waals surface area (Å²) in [6.45, 7) is 4.99. The van der Waals surface area contributed by atoms with Crippen molar-refractivity contribution >= 4 is 17.5 Å². The fourth-order valence-corrected chi connectivity index (χ4v) is 2.33. The molecule has 0 unspecified atom stereocenters. The predicted molar refractivity (Wildman–Crippen MR) is 98.9 cm³/mol. The maximum absolute atomic E-state index is 12.3. The molecule has 5 nitrogen and oxygen atoms in total. The van der Waals surface area contributed by atoms with E-state index in [2.05, 4.69) is 10.6 Å². The zero-order valence-electron chi connectivity index (χ0n) is 14.9. The molecule has 25 heavy (non-hydrogen) atoms. The number of carbonyl (C=O) groups is 2. The van der Waals surface area contributed by atoms with Crippen molar-refractivity contribution in [2.45, 2.75) is 20.3 Å². The number of hydrogen-bond donors (Lipinski definition) is 2. The van der Waals surface area contributed by atoms with Crippen molar-refractivity contribution in [3.05, 3.63) is 64.7 Å². The zero-order valence-corrected chi connectivity index (χ0v) is 14.9. The summed E-state index contributed by atoms with van der Waals surface area (Å²) in [7, 11) is 1.59. The summed E-state index contributed by atoms with van der Waals surface area (Å²) in [5.41, 5.74) is 4.46. The second-order valence-electron chi connectivity index (χ2n) is 5.97. The van der Waals surface area contributed by atoms with Gasteiger partial charge in [-0.25, -0.2) is 0 Å². The van der Waals surface area contributed by atoms with E-state index in [4.69, 9.17) is 4.74 Å².